The number of nitrogens with one attached hydrogen (secondary N) is 1. The number of anilines is 1. The minimum atomic E-state index is -0.479. The lowest BCUT2D eigenvalue weighted by Crippen LogP contribution is -2.20. The second kappa shape index (κ2) is 10.7. The third-order valence-electron chi connectivity index (χ3n) is 5.68. The molecule has 3 aromatic carbocycles. The van der Waals surface area contributed by atoms with E-state index in [1.807, 2.05) is 59.6 Å². The van der Waals surface area contributed by atoms with Crippen LogP contribution >= 0.6 is 22.9 Å². The fraction of sp³-hybridized carbons (Fsp3) is 0.0769. The van der Waals surface area contributed by atoms with Gasteiger partial charge >= 0.3 is 0 Å². The van der Waals surface area contributed by atoms with Gasteiger partial charge in [0, 0.05) is 29.0 Å². The summed E-state index contributed by atoms with van der Waals surface area (Å²) in [5.74, 6) is -0.477. The van der Waals surface area contributed by atoms with Crippen LogP contribution < -0.4 is 10.4 Å². The van der Waals surface area contributed by atoms with Crippen molar-refractivity contribution < 1.29 is 9.72 Å². The number of hydrogen-bond acceptors (Lipinski definition) is 8. The van der Waals surface area contributed by atoms with Crippen LogP contribution in [0.1, 0.15) is 39.6 Å². The molecular formula is C26H19ClN6O3S. The molecule has 0 radical (unpaired) electrons. The zero-order valence-electron chi connectivity index (χ0n) is 19.2. The van der Waals surface area contributed by atoms with Crippen LogP contribution in [-0.2, 0) is 0 Å². The summed E-state index contributed by atoms with van der Waals surface area (Å²) in [6, 6.07) is 23.3. The van der Waals surface area contributed by atoms with E-state index < -0.39 is 10.8 Å². The Hall–Kier alpha value is -4.41. The molecule has 2 heterocycles. The number of rotatable bonds is 7. The van der Waals surface area contributed by atoms with E-state index in [1.54, 1.807) is 17.5 Å². The molecule has 1 aromatic heterocycles. The molecule has 0 fully saturated rings. The molecule has 11 heteroatoms. The molecule has 1 atom stereocenters. The standard InChI is InChI=1S/C26H19ClN6O3S/c27-20-10-8-19(9-11-20)24-14-22(18-4-2-1-3-5-18)31-32(24)26-29-23(16-37-26)25(34)30-28-15-17-6-12-21(13-7-17)33(35)36/h1-13,15-16,24H,14H2,(H,30,34)/b28-15+. The molecule has 0 saturated heterocycles. The summed E-state index contributed by atoms with van der Waals surface area (Å²) in [6.07, 6.45) is 2.08. The van der Waals surface area contributed by atoms with E-state index in [4.69, 9.17) is 16.7 Å². The Balaban J connectivity index is 1.34. The van der Waals surface area contributed by atoms with Crippen LogP contribution in [0.4, 0.5) is 10.8 Å². The number of halogens is 1. The zero-order chi connectivity index (χ0) is 25.8. The van der Waals surface area contributed by atoms with Crippen molar-refractivity contribution in [2.24, 2.45) is 10.2 Å². The summed E-state index contributed by atoms with van der Waals surface area (Å²) in [5, 5.41) is 24.3. The van der Waals surface area contributed by atoms with E-state index >= 15 is 0 Å². The lowest BCUT2D eigenvalue weighted by molar-refractivity contribution is -0.384. The number of hydrazone groups is 2. The number of carbonyl (C=O) groups excluding carboxylic acids is 1. The van der Waals surface area contributed by atoms with Crippen molar-refractivity contribution in [3.05, 3.63) is 122 Å². The van der Waals surface area contributed by atoms with Crippen molar-refractivity contribution in [1.82, 2.24) is 10.4 Å². The molecule has 1 aliphatic rings. The smallest absolute Gasteiger partial charge is 0.266 e. The highest BCUT2D eigenvalue weighted by molar-refractivity contribution is 7.14. The van der Waals surface area contributed by atoms with Gasteiger partial charge in [-0.3, -0.25) is 14.9 Å². The summed E-state index contributed by atoms with van der Waals surface area (Å²) in [5.41, 5.74) is 6.23. The van der Waals surface area contributed by atoms with Crippen LogP contribution in [-0.4, -0.2) is 27.7 Å². The van der Waals surface area contributed by atoms with E-state index in [1.165, 1.54) is 29.7 Å². The first kappa shape index (κ1) is 24.3. The van der Waals surface area contributed by atoms with Crippen LogP contribution in [0.15, 0.2) is 94.4 Å². The average molecular weight is 531 g/mol. The zero-order valence-corrected chi connectivity index (χ0v) is 20.8. The summed E-state index contributed by atoms with van der Waals surface area (Å²) in [6.45, 7) is 0. The number of non-ortho nitro benzene ring substituents is 1. The average Bonchev–Trinajstić information content (AvgIpc) is 3.58. The number of amides is 1. The van der Waals surface area contributed by atoms with Crippen molar-refractivity contribution in [3.63, 3.8) is 0 Å². The topological polar surface area (TPSA) is 113 Å². The maximum atomic E-state index is 12.6. The van der Waals surface area contributed by atoms with Gasteiger partial charge in [0.25, 0.3) is 11.6 Å². The van der Waals surface area contributed by atoms with Crippen molar-refractivity contribution in [3.8, 4) is 0 Å². The number of carbonyl (C=O) groups is 1. The Morgan fingerprint density at radius 3 is 2.54 bits per heavy atom. The van der Waals surface area contributed by atoms with Gasteiger partial charge < -0.3 is 0 Å². The van der Waals surface area contributed by atoms with Crippen molar-refractivity contribution in [1.29, 1.82) is 0 Å². The normalized spacial score (nSPS) is 15.1. The van der Waals surface area contributed by atoms with Crippen molar-refractivity contribution in [2.75, 3.05) is 5.01 Å². The highest BCUT2D eigenvalue weighted by Crippen LogP contribution is 2.38. The quantitative estimate of drug-likeness (QED) is 0.184. The first-order chi connectivity index (χ1) is 18.0. The number of hydrogen-bond donors (Lipinski definition) is 1. The number of benzene rings is 3. The molecule has 37 heavy (non-hydrogen) atoms. The molecule has 0 saturated carbocycles. The molecule has 0 aliphatic carbocycles. The molecule has 1 unspecified atom stereocenters. The molecule has 184 valence electrons. The van der Waals surface area contributed by atoms with Gasteiger partial charge in [0.05, 0.1) is 22.9 Å². The predicted octanol–water partition coefficient (Wildman–Crippen LogP) is 5.82. The van der Waals surface area contributed by atoms with Crippen LogP contribution in [0.5, 0.6) is 0 Å². The van der Waals surface area contributed by atoms with Gasteiger partial charge in [0.15, 0.2) is 0 Å². The Morgan fingerprint density at radius 2 is 1.84 bits per heavy atom. The lowest BCUT2D eigenvalue weighted by Gasteiger charge is -2.21. The van der Waals surface area contributed by atoms with Crippen LogP contribution in [0.3, 0.4) is 0 Å². The van der Waals surface area contributed by atoms with Gasteiger partial charge in [-0.05, 0) is 41.0 Å². The van der Waals surface area contributed by atoms with Gasteiger partial charge in [-0.25, -0.2) is 15.4 Å². The van der Waals surface area contributed by atoms with E-state index in [-0.39, 0.29) is 17.4 Å². The second-order valence-corrected chi connectivity index (χ2v) is 9.36. The summed E-state index contributed by atoms with van der Waals surface area (Å²) >= 11 is 7.41. The Morgan fingerprint density at radius 1 is 1.11 bits per heavy atom. The molecule has 1 amide bonds. The molecule has 1 N–H and O–H groups in total. The number of thiazole rings is 1. The molecule has 1 aliphatic heterocycles. The fourth-order valence-electron chi connectivity index (χ4n) is 3.81. The van der Waals surface area contributed by atoms with E-state index in [0.29, 0.717) is 22.1 Å². The molecule has 4 aromatic rings. The highest BCUT2D eigenvalue weighted by atomic mass is 35.5. The molecule has 9 nitrogen and oxygen atoms in total. The minimum absolute atomic E-state index is 0.0203. The largest absolute Gasteiger partial charge is 0.290 e. The number of nitro benzene ring substituents is 1. The maximum Gasteiger partial charge on any atom is 0.290 e. The van der Waals surface area contributed by atoms with Crippen molar-refractivity contribution >= 4 is 51.6 Å². The summed E-state index contributed by atoms with van der Waals surface area (Å²) in [7, 11) is 0. The number of nitro groups is 1. The van der Waals surface area contributed by atoms with Gasteiger partial charge in [0.1, 0.15) is 5.69 Å². The van der Waals surface area contributed by atoms with Crippen LogP contribution in [0.2, 0.25) is 5.02 Å². The predicted molar refractivity (Wildman–Crippen MR) is 145 cm³/mol. The second-order valence-electron chi connectivity index (χ2n) is 8.09. The Kier molecular flexibility index (Phi) is 7.02. The fourth-order valence-corrected chi connectivity index (χ4v) is 4.74. The summed E-state index contributed by atoms with van der Waals surface area (Å²) in [4.78, 5) is 27.5. The van der Waals surface area contributed by atoms with Gasteiger partial charge in [0.2, 0.25) is 5.13 Å². The van der Waals surface area contributed by atoms with Gasteiger partial charge in [-0.1, -0.05) is 54.1 Å². The highest BCUT2D eigenvalue weighted by Gasteiger charge is 2.32. The van der Waals surface area contributed by atoms with E-state index in [2.05, 4.69) is 15.5 Å². The van der Waals surface area contributed by atoms with Crippen molar-refractivity contribution in [2.45, 2.75) is 12.5 Å². The van der Waals surface area contributed by atoms with Gasteiger partial charge in [-0.2, -0.15) is 10.2 Å². The monoisotopic (exact) mass is 530 g/mol. The van der Waals surface area contributed by atoms with E-state index in [0.717, 1.165) is 16.8 Å². The summed E-state index contributed by atoms with van der Waals surface area (Å²) < 4.78 is 0. The molecular weight excluding hydrogens is 512 g/mol. The van der Waals surface area contributed by atoms with Crippen LogP contribution in [0, 0.1) is 10.1 Å². The molecule has 5 rings (SSSR count). The lowest BCUT2D eigenvalue weighted by atomic mass is 9.99. The number of aromatic nitrogens is 1. The third-order valence-corrected chi connectivity index (χ3v) is 6.76. The van der Waals surface area contributed by atoms with Gasteiger partial charge in [-0.15, -0.1) is 11.3 Å². The first-order valence-corrected chi connectivity index (χ1v) is 12.4. The number of nitrogens with zero attached hydrogens (tertiary/aromatic N) is 5. The Labute approximate surface area is 220 Å². The SMILES string of the molecule is O=C(N/N=C/c1ccc([N+](=O)[O-])cc1)c1csc(N2N=C(c3ccccc3)CC2c2ccc(Cl)cc2)n1. The minimum Gasteiger partial charge on any atom is -0.266 e. The molecule has 0 bridgehead atoms. The van der Waals surface area contributed by atoms with Crippen LogP contribution in [0.25, 0.3) is 0 Å². The molecule has 0 spiro atoms. The third kappa shape index (κ3) is 5.55. The first-order valence-electron chi connectivity index (χ1n) is 11.2. The maximum absolute atomic E-state index is 12.6. The Bertz CT molecular complexity index is 1490. The van der Waals surface area contributed by atoms with E-state index in [9.17, 15) is 14.9 Å².